The first-order chi connectivity index (χ1) is 7.70. The predicted molar refractivity (Wildman–Crippen MR) is 68.0 cm³/mol. The highest BCUT2D eigenvalue weighted by molar-refractivity contribution is 5.42. The second kappa shape index (κ2) is 4.85. The molecule has 0 radical (unpaired) electrons. The molecular formula is C13H21N3. The van der Waals surface area contributed by atoms with Crippen LogP contribution in [0.25, 0.3) is 0 Å². The number of nitrogen functional groups attached to an aromatic ring is 1. The summed E-state index contributed by atoms with van der Waals surface area (Å²) in [6, 6.07) is 9.05. The Morgan fingerprint density at radius 3 is 2.88 bits per heavy atom. The van der Waals surface area contributed by atoms with E-state index in [2.05, 4.69) is 24.4 Å². The van der Waals surface area contributed by atoms with E-state index in [0.717, 1.165) is 12.2 Å². The van der Waals surface area contributed by atoms with E-state index >= 15 is 0 Å². The lowest BCUT2D eigenvalue weighted by atomic mass is 9.84. The molecule has 5 N–H and O–H groups in total. The van der Waals surface area contributed by atoms with Crippen molar-refractivity contribution in [1.29, 1.82) is 0 Å². The highest BCUT2D eigenvalue weighted by Gasteiger charge is 2.28. The van der Waals surface area contributed by atoms with E-state index in [1.165, 1.54) is 18.4 Å². The van der Waals surface area contributed by atoms with Crippen molar-refractivity contribution >= 4 is 5.69 Å². The van der Waals surface area contributed by atoms with Crippen LogP contribution in [0, 0.1) is 5.92 Å². The van der Waals surface area contributed by atoms with Gasteiger partial charge in [0, 0.05) is 17.8 Å². The first-order valence-electron chi connectivity index (χ1n) is 6.02. The molecule has 88 valence electrons. The van der Waals surface area contributed by atoms with Gasteiger partial charge in [0.25, 0.3) is 0 Å². The number of hydrogen-bond acceptors (Lipinski definition) is 3. The zero-order valence-corrected chi connectivity index (χ0v) is 9.82. The molecule has 1 aliphatic heterocycles. The first-order valence-corrected chi connectivity index (χ1v) is 6.02. The summed E-state index contributed by atoms with van der Waals surface area (Å²) in [5, 5.41) is 3.63. The summed E-state index contributed by atoms with van der Waals surface area (Å²) in [6.45, 7) is 2.96. The molecule has 1 heterocycles. The molecule has 3 heteroatoms. The summed E-state index contributed by atoms with van der Waals surface area (Å²) in [4.78, 5) is 0. The lowest BCUT2D eigenvalue weighted by Crippen LogP contribution is -2.42. The van der Waals surface area contributed by atoms with E-state index in [1.54, 1.807) is 0 Å². The van der Waals surface area contributed by atoms with Gasteiger partial charge in [0.2, 0.25) is 0 Å². The minimum Gasteiger partial charge on any atom is -0.399 e. The maximum Gasteiger partial charge on any atom is 0.0363 e. The highest BCUT2D eigenvalue weighted by Crippen LogP contribution is 2.31. The molecule has 16 heavy (non-hydrogen) atoms. The number of anilines is 1. The van der Waals surface area contributed by atoms with E-state index in [-0.39, 0.29) is 0 Å². The van der Waals surface area contributed by atoms with Crippen LogP contribution in [0.4, 0.5) is 5.69 Å². The van der Waals surface area contributed by atoms with Gasteiger partial charge in [-0.1, -0.05) is 12.1 Å². The topological polar surface area (TPSA) is 64.1 Å². The molecule has 0 spiro atoms. The molecule has 0 aromatic heterocycles. The maximum atomic E-state index is 5.84. The Balaban J connectivity index is 2.22. The van der Waals surface area contributed by atoms with Crippen molar-refractivity contribution in [3.63, 3.8) is 0 Å². The third-order valence-corrected chi connectivity index (χ3v) is 3.48. The van der Waals surface area contributed by atoms with Crippen molar-refractivity contribution in [3.8, 4) is 0 Å². The average Bonchev–Trinajstić information content (AvgIpc) is 2.29. The third kappa shape index (κ3) is 2.36. The second-order valence-electron chi connectivity index (χ2n) is 4.79. The van der Waals surface area contributed by atoms with Gasteiger partial charge in [-0.05, 0) is 49.9 Å². The van der Waals surface area contributed by atoms with Crippen LogP contribution in [-0.4, -0.2) is 12.6 Å². The predicted octanol–water partition coefficient (Wildman–Crippen LogP) is 1.66. The van der Waals surface area contributed by atoms with Crippen molar-refractivity contribution in [2.24, 2.45) is 11.7 Å². The highest BCUT2D eigenvalue weighted by atomic mass is 15.0. The monoisotopic (exact) mass is 219 g/mol. The van der Waals surface area contributed by atoms with Crippen LogP contribution < -0.4 is 16.8 Å². The Morgan fingerprint density at radius 1 is 1.38 bits per heavy atom. The van der Waals surface area contributed by atoms with E-state index in [0.29, 0.717) is 18.0 Å². The molecule has 1 aromatic rings. The van der Waals surface area contributed by atoms with Gasteiger partial charge in [-0.15, -0.1) is 0 Å². The molecule has 3 unspecified atom stereocenters. The zero-order chi connectivity index (χ0) is 11.5. The Hall–Kier alpha value is -1.06. The van der Waals surface area contributed by atoms with Gasteiger partial charge >= 0.3 is 0 Å². The van der Waals surface area contributed by atoms with Gasteiger partial charge in [-0.25, -0.2) is 0 Å². The Bertz CT molecular complexity index is 351. The summed E-state index contributed by atoms with van der Waals surface area (Å²) in [5.41, 5.74) is 13.8. The lowest BCUT2D eigenvalue weighted by Gasteiger charge is -2.36. The molecule has 0 aliphatic carbocycles. The van der Waals surface area contributed by atoms with Gasteiger partial charge in [-0.2, -0.15) is 0 Å². The molecule has 1 aliphatic rings. The number of nitrogens with two attached hydrogens (primary N) is 2. The van der Waals surface area contributed by atoms with E-state index in [9.17, 15) is 0 Å². The standard InChI is InChI=1S/C13H21N3/c1-9-5-6-11(8-14)13(16-9)10-3-2-4-12(15)7-10/h2-4,7,9,11,13,16H,5-6,8,14-15H2,1H3. The van der Waals surface area contributed by atoms with Crippen LogP contribution in [0.15, 0.2) is 24.3 Å². The van der Waals surface area contributed by atoms with Gasteiger partial charge in [0.1, 0.15) is 0 Å². The van der Waals surface area contributed by atoms with Crippen molar-refractivity contribution in [2.75, 3.05) is 12.3 Å². The molecular weight excluding hydrogens is 198 g/mol. The molecule has 1 fully saturated rings. The Morgan fingerprint density at radius 2 is 2.19 bits per heavy atom. The molecule has 1 saturated heterocycles. The molecule has 0 saturated carbocycles. The van der Waals surface area contributed by atoms with E-state index in [1.807, 2.05) is 12.1 Å². The molecule has 3 atom stereocenters. The largest absolute Gasteiger partial charge is 0.399 e. The summed E-state index contributed by atoms with van der Waals surface area (Å²) in [5.74, 6) is 0.526. The SMILES string of the molecule is CC1CCC(CN)C(c2cccc(N)c2)N1. The fraction of sp³-hybridized carbons (Fsp3) is 0.538. The van der Waals surface area contributed by atoms with Crippen LogP contribution in [-0.2, 0) is 0 Å². The second-order valence-corrected chi connectivity index (χ2v) is 4.79. The third-order valence-electron chi connectivity index (χ3n) is 3.48. The molecule has 0 amide bonds. The minimum absolute atomic E-state index is 0.359. The van der Waals surface area contributed by atoms with Crippen molar-refractivity contribution in [2.45, 2.75) is 31.8 Å². The van der Waals surface area contributed by atoms with Crippen molar-refractivity contribution < 1.29 is 0 Å². The summed E-state index contributed by atoms with van der Waals surface area (Å²) in [6.07, 6.45) is 2.41. The summed E-state index contributed by atoms with van der Waals surface area (Å²) in [7, 11) is 0. The van der Waals surface area contributed by atoms with Crippen LogP contribution in [0.2, 0.25) is 0 Å². The summed E-state index contributed by atoms with van der Waals surface area (Å²) < 4.78 is 0. The van der Waals surface area contributed by atoms with Gasteiger partial charge < -0.3 is 16.8 Å². The fourth-order valence-corrected chi connectivity index (χ4v) is 2.53. The van der Waals surface area contributed by atoms with Crippen LogP contribution >= 0.6 is 0 Å². The van der Waals surface area contributed by atoms with Gasteiger partial charge in [-0.3, -0.25) is 0 Å². The number of hydrogen-bond donors (Lipinski definition) is 3. The average molecular weight is 219 g/mol. The van der Waals surface area contributed by atoms with Crippen molar-refractivity contribution in [1.82, 2.24) is 5.32 Å². The zero-order valence-electron chi connectivity index (χ0n) is 9.82. The van der Waals surface area contributed by atoms with Gasteiger partial charge in [0.05, 0.1) is 0 Å². The Kier molecular flexibility index (Phi) is 3.46. The van der Waals surface area contributed by atoms with E-state index in [4.69, 9.17) is 11.5 Å². The van der Waals surface area contributed by atoms with Crippen molar-refractivity contribution in [3.05, 3.63) is 29.8 Å². The first kappa shape index (κ1) is 11.4. The summed E-state index contributed by atoms with van der Waals surface area (Å²) >= 11 is 0. The lowest BCUT2D eigenvalue weighted by molar-refractivity contribution is 0.247. The smallest absolute Gasteiger partial charge is 0.0363 e. The number of benzene rings is 1. The van der Waals surface area contributed by atoms with Crippen LogP contribution in [0.3, 0.4) is 0 Å². The van der Waals surface area contributed by atoms with Crippen LogP contribution in [0.5, 0.6) is 0 Å². The number of rotatable bonds is 2. The Labute approximate surface area is 97.2 Å². The molecule has 3 nitrogen and oxygen atoms in total. The molecule has 0 bridgehead atoms. The minimum atomic E-state index is 0.359. The molecule has 2 rings (SSSR count). The molecule has 1 aromatic carbocycles. The quantitative estimate of drug-likeness (QED) is 0.663. The number of piperidine rings is 1. The van der Waals surface area contributed by atoms with E-state index < -0.39 is 0 Å². The number of nitrogens with one attached hydrogen (secondary N) is 1. The maximum absolute atomic E-state index is 5.84. The fourth-order valence-electron chi connectivity index (χ4n) is 2.53. The normalized spacial score (nSPS) is 30.2. The van der Waals surface area contributed by atoms with Crippen LogP contribution in [0.1, 0.15) is 31.4 Å². The van der Waals surface area contributed by atoms with Gasteiger partial charge in [0.15, 0.2) is 0 Å².